The van der Waals surface area contributed by atoms with Crippen LogP contribution in [0.2, 0.25) is 0 Å². The minimum absolute atomic E-state index is 0.127. The highest BCUT2D eigenvalue weighted by Crippen LogP contribution is 2.53. The van der Waals surface area contributed by atoms with Crippen molar-refractivity contribution in [1.29, 1.82) is 0 Å². The summed E-state index contributed by atoms with van der Waals surface area (Å²) in [5.74, 6) is -2.61. The number of nitrogens with zero attached hydrogens (tertiary/aromatic N) is 1. The van der Waals surface area contributed by atoms with Crippen LogP contribution in [0.5, 0.6) is 11.5 Å². The van der Waals surface area contributed by atoms with E-state index in [1.807, 2.05) is 25.1 Å². The molecule has 2 saturated heterocycles. The number of amides is 4. The molecule has 2 fully saturated rings. The molecule has 2 aromatic rings. The van der Waals surface area contributed by atoms with Gasteiger partial charge in [0, 0.05) is 30.3 Å². The molecule has 188 valence electrons. The maximum Gasteiger partial charge on any atom is 0.250 e. The first-order valence-electron chi connectivity index (χ1n) is 11.8. The van der Waals surface area contributed by atoms with E-state index in [2.05, 4.69) is 10.6 Å². The Labute approximate surface area is 208 Å². The molecule has 0 bridgehead atoms. The molecule has 4 N–H and O–H groups in total. The zero-order valence-electron chi connectivity index (χ0n) is 20.3. The van der Waals surface area contributed by atoms with Gasteiger partial charge in [0.2, 0.25) is 23.6 Å². The molecule has 4 atom stereocenters. The van der Waals surface area contributed by atoms with Crippen LogP contribution < -0.4 is 25.8 Å². The zero-order chi connectivity index (χ0) is 25.8. The number of primary amides is 1. The van der Waals surface area contributed by atoms with E-state index in [9.17, 15) is 19.2 Å². The first-order valence-corrected chi connectivity index (χ1v) is 11.8. The number of ether oxygens (including phenoxy) is 2. The lowest BCUT2D eigenvalue weighted by molar-refractivity contribution is -0.142. The van der Waals surface area contributed by atoms with Gasteiger partial charge in [-0.3, -0.25) is 29.4 Å². The summed E-state index contributed by atoms with van der Waals surface area (Å²) >= 11 is 0. The summed E-state index contributed by atoms with van der Waals surface area (Å²) in [6.07, 6.45) is 0.222. The topological polar surface area (TPSA) is 140 Å². The fourth-order valence-electron chi connectivity index (χ4n) is 5.92. The second kappa shape index (κ2) is 8.63. The Morgan fingerprint density at radius 2 is 1.83 bits per heavy atom. The van der Waals surface area contributed by atoms with Crippen molar-refractivity contribution < 1.29 is 28.7 Å². The van der Waals surface area contributed by atoms with E-state index in [1.54, 1.807) is 25.3 Å². The van der Waals surface area contributed by atoms with Crippen LogP contribution in [0, 0.1) is 18.8 Å². The molecule has 3 aliphatic rings. The number of fused-ring (bicyclic) bond motifs is 4. The second-order valence-electron chi connectivity index (χ2n) is 9.45. The normalized spacial score (nSPS) is 26.2. The van der Waals surface area contributed by atoms with Crippen LogP contribution in [-0.2, 0) is 31.1 Å². The van der Waals surface area contributed by atoms with Crippen LogP contribution in [-0.4, -0.2) is 55.3 Å². The highest BCUT2D eigenvalue weighted by Gasteiger charge is 2.70. The molecular weight excluding hydrogens is 464 g/mol. The second-order valence-corrected chi connectivity index (χ2v) is 9.45. The van der Waals surface area contributed by atoms with E-state index in [0.29, 0.717) is 29.2 Å². The summed E-state index contributed by atoms with van der Waals surface area (Å²) in [6.45, 7) is 1.99. The van der Waals surface area contributed by atoms with Gasteiger partial charge in [-0.2, -0.15) is 0 Å². The standard InChI is InChI=1S/C26H28N4O6/c1-13-5-4-6-15-22(13)28-25(34)26(15)21-20(16(29-26)12-19(27)31)23(32)30(24(21)33)10-9-14-7-8-17(35-2)18(11-14)36-3/h4-8,11,16,20-21,29H,9-10,12H2,1-3H3,(H2,27,31)(H,28,34). The number of carbonyl (C=O) groups is 4. The maximum atomic E-state index is 13.8. The number of para-hydroxylation sites is 1. The fourth-order valence-corrected chi connectivity index (χ4v) is 5.92. The minimum Gasteiger partial charge on any atom is -0.493 e. The Balaban J connectivity index is 1.49. The van der Waals surface area contributed by atoms with E-state index >= 15 is 0 Å². The number of anilines is 1. The minimum atomic E-state index is -1.45. The van der Waals surface area contributed by atoms with Crippen molar-refractivity contribution in [2.24, 2.45) is 17.6 Å². The third kappa shape index (κ3) is 3.35. The van der Waals surface area contributed by atoms with Crippen molar-refractivity contribution in [3.05, 3.63) is 53.1 Å². The molecule has 0 radical (unpaired) electrons. The number of methoxy groups -OCH3 is 2. The first-order chi connectivity index (χ1) is 17.2. The lowest BCUT2D eigenvalue weighted by Crippen LogP contribution is -2.53. The van der Waals surface area contributed by atoms with Crippen molar-refractivity contribution >= 4 is 29.3 Å². The largest absolute Gasteiger partial charge is 0.493 e. The van der Waals surface area contributed by atoms with Crippen LogP contribution in [0.3, 0.4) is 0 Å². The average Bonchev–Trinajstić information content (AvgIpc) is 3.42. The van der Waals surface area contributed by atoms with Gasteiger partial charge in [0.05, 0.1) is 26.1 Å². The Bertz CT molecular complexity index is 1290. The number of hydrogen-bond donors (Lipinski definition) is 3. The molecule has 10 heteroatoms. The number of likely N-dealkylation sites (tertiary alicyclic amines) is 1. The Morgan fingerprint density at radius 1 is 1.08 bits per heavy atom. The highest BCUT2D eigenvalue weighted by atomic mass is 16.5. The van der Waals surface area contributed by atoms with E-state index in [4.69, 9.17) is 15.2 Å². The van der Waals surface area contributed by atoms with Gasteiger partial charge in [-0.1, -0.05) is 24.3 Å². The number of rotatable bonds is 7. The summed E-state index contributed by atoms with van der Waals surface area (Å²) in [6, 6.07) is 10.1. The third-order valence-electron chi connectivity index (χ3n) is 7.54. The number of nitrogens with one attached hydrogen (secondary N) is 2. The van der Waals surface area contributed by atoms with Crippen molar-refractivity contribution in [1.82, 2.24) is 10.2 Å². The first kappa shape index (κ1) is 23.8. The lowest BCUT2D eigenvalue weighted by atomic mass is 9.76. The monoisotopic (exact) mass is 492 g/mol. The van der Waals surface area contributed by atoms with Crippen molar-refractivity contribution in [3.8, 4) is 11.5 Å². The van der Waals surface area contributed by atoms with Gasteiger partial charge < -0.3 is 20.5 Å². The highest BCUT2D eigenvalue weighted by molar-refractivity contribution is 6.15. The Morgan fingerprint density at radius 3 is 2.53 bits per heavy atom. The molecule has 0 saturated carbocycles. The average molecular weight is 493 g/mol. The maximum absolute atomic E-state index is 13.8. The summed E-state index contributed by atoms with van der Waals surface area (Å²) in [4.78, 5) is 53.9. The molecule has 2 aromatic carbocycles. The molecule has 3 aliphatic heterocycles. The summed E-state index contributed by atoms with van der Waals surface area (Å²) < 4.78 is 10.6. The molecule has 10 nitrogen and oxygen atoms in total. The van der Waals surface area contributed by atoms with Crippen LogP contribution in [0.15, 0.2) is 36.4 Å². The summed E-state index contributed by atoms with van der Waals surface area (Å²) in [5, 5.41) is 6.10. The van der Waals surface area contributed by atoms with Crippen molar-refractivity contribution in [3.63, 3.8) is 0 Å². The number of aryl methyl sites for hydroxylation is 1. The predicted octanol–water partition coefficient (Wildman–Crippen LogP) is 0.851. The van der Waals surface area contributed by atoms with E-state index < -0.39 is 47.0 Å². The molecule has 4 amide bonds. The molecule has 4 unspecified atom stereocenters. The quantitative estimate of drug-likeness (QED) is 0.487. The van der Waals surface area contributed by atoms with Gasteiger partial charge in [0.15, 0.2) is 11.5 Å². The van der Waals surface area contributed by atoms with Gasteiger partial charge in [0.1, 0.15) is 5.54 Å². The Kier molecular flexibility index (Phi) is 5.71. The molecule has 3 heterocycles. The predicted molar refractivity (Wildman–Crippen MR) is 129 cm³/mol. The number of hydrogen-bond acceptors (Lipinski definition) is 7. The fraction of sp³-hybridized carbons (Fsp3) is 0.385. The smallest absolute Gasteiger partial charge is 0.250 e. The van der Waals surface area contributed by atoms with Crippen molar-refractivity contribution in [2.45, 2.75) is 31.3 Å². The zero-order valence-corrected chi connectivity index (χ0v) is 20.3. The molecular formula is C26H28N4O6. The van der Waals surface area contributed by atoms with E-state index in [-0.39, 0.29) is 13.0 Å². The number of carbonyl (C=O) groups excluding carboxylic acids is 4. The lowest BCUT2D eigenvalue weighted by Gasteiger charge is -2.29. The third-order valence-corrected chi connectivity index (χ3v) is 7.54. The molecule has 5 rings (SSSR count). The van der Waals surface area contributed by atoms with E-state index in [0.717, 1.165) is 11.1 Å². The van der Waals surface area contributed by atoms with Gasteiger partial charge in [0.25, 0.3) is 0 Å². The van der Waals surface area contributed by atoms with Gasteiger partial charge in [-0.25, -0.2) is 0 Å². The van der Waals surface area contributed by atoms with Crippen molar-refractivity contribution in [2.75, 3.05) is 26.1 Å². The van der Waals surface area contributed by atoms with E-state index in [1.165, 1.54) is 12.0 Å². The SMILES string of the molecule is COc1ccc(CCN2C(=O)C3C(CC(N)=O)NC4(C(=O)Nc5c(C)cccc54)C3C2=O)cc1OC. The van der Waals surface area contributed by atoms with Gasteiger partial charge in [-0.05, 0) is 36.6 Å². The molecule has 0 aliphatic carbocycles. The van der Waals surface area contributed by atoms with Crippen LogP contribution in [0.1, 0.15) is 23.1 Å². The molecule has 36 heavy (non-hydrogen) atoms. The van der Waals surface area contributed by atoms with Crippen LogP contribution >= 0.6 is 0 Å². The van der Waals surface area contributed by atoms with Crippen LogP contribution in [0.4, 0.5) is 5.69 Å². The van der Waals surface area contributed by atoms with Gasteiger partial charge >= 0.3 is 0 Å². The summed E-state index contributed by atoms with van der Waals surface area (Å²) in [7, 11) is 3.08. The number of benzene rings is 2. The van der Waals surface area contributed by atoms with Gasteiger partial charge in [-0.15, -0.1) is 0 Å². The molecule has 1 spiro atoms. The number of imide groups is 1. The number of nitrogens with two attached hydrogens (primary N) is 1. The Hall–Kier alpha value is -3.92. The van der Waals surface area contributed by atoms with Crippen LogP contribution in [0.25, 0.3) is 0 Å². The molecule has 0 aromatic heterocycles. The summed E-state index contributed by atoms with van der Waals surface area (Å²) in [5.41, 5.74) is 6.97.